The van der Waals surface area contributed by atoms with E-state index in [9.17, 15) is 8.42 Å². The average Bonchev–Trinajstić information content (AvgIpc) is 2.68. The summed E-state index contributed by atoms with van der Waals surface area (Å²) in [5.41, 5.74) is 2.53. The van der Waals surface area contributed by atoms with E-state index >= 15 is 0 Å². The van der Waals surface area contributed by atoms with Crippen molar-refractivity contribution in [3.63, 3.8) is 0 Å². The molecular formula is C20H29N5O3S. The Labute approximate surface area is 173 Å². The van der Waals surface area contributed by atoms with Crippen molar-refractivity contribution in [1.29, 1.82) is 0 Å². The Balaban J connectivity index is 1.79. The van der Waals surface area contributed by atoms with Gasteiger partial charge in [0.1, 0.15) is 11.6 Å². The third-order valence-electron chi connectivity index (χ3n) is 5.05. The number of hydrogen-bond donors (Lipinski definition) is 1. The number of ether oxygens (including phenoxy) is 1. The molecule has 8 nitrogen and oxygen atoms in total. The molecule has 2 aromatic rings. The monoisotopic (exact) mass is 419 g/mol. The van der Waals surface area contributed by atoms with Gasteiger partial charge in [-0.25, -0.2) is 13.4 Å². The Hall–Kier alpha value is -2.39. The molecule has 1 aromatic heterocycles. The first-order valence-corrected chi connectivity index (χ1v) is 11.2. The second kappa shape index (κ2) is 8.54. The lowest BCUT2D eigenvalue weighted by Gasteiger charge is -2.35. The molecule has 1 aliphatic heterocycles. The number of rotatable bonds is 6. The maximum atomic E-state index is 13.2. The van der Waals surface area contributed by atoms with Crippen LogP contribution in [-0.4, -0.2) is 62.5 Å². The molecule has 29 heavy (non-hydrogen) atoms. The smallest absolute Gasteiger partial charge is 0.243 e. The van der Waals surface area contributed by atoms with Crippen molar-refractivity contribution in [2.24, 2.45) is 0 Å². The molecule has 0 unspecified atom stereocenters. The van der Waals surface area contributed by atoms with E-state index in [-0.39, 0.29) is 0 Å². The zero-order valence-electron chi connectivity index (χ0n) is 17.7. The van der Waals surface area contributed by atoms with Crippen molar-refractivity contribution in [2.75, 3.05) is 50.1 Å². The van der Waals surface area contributed by atoms with E-state index < -0.39 is 10.0 Å². The third kappa shape index (κ3) is 4.45. The Morgan fingerprint density at radius 2 is 1.72 bits per heavy atom. The number of nitrogens with one attached hydrogen (secondary N) is 1. The minimum absolute atomic E-state index is 0.306. The summed E-state index contributed by atoms with van der Waals surface area (Å²) < 4.78 is 33.4. The largest absolute Gasteiger partial charge is 0.496 e. The molecule has 2 heterocycles. The highest BCUT2D eigenvalue weighted by molar-refractivity contribution is 7.89. The molecule has 9 heteroatoms. The van der Waals surface area contributed by atoms with Crippen molar-refractivity contribution in [3.8, 4) is 5.75 Å². The van der Waals surface area contributed by atoms with Crippen LogP contribution in [0.25, 0.3) is 0 Å². The Kier molecular flexibility index (Phi) is 6.28. The first-order chi connectivity index (χ1) is 13.8. The highest BCUT2D eigenvalue weighted by Gasteiger charge is 2.31. The zero-order valence-corrected chi connectivity index (χ0v) is 18.5. The second-order valence-electron chi connectivity index (χ2n) is 7.20. The van der Waals surface area contributed by atoms with Crippen molar-refractivity contribution in [2.45, 2.75) is 32.6 Å². The maximum absolute atomic E-state index is 13.2. The second-order valence-corrected chi connectivity index (χ2v) is 9.11. The van der Waals surface area contributed by atoms with Crippen LogP contribution in [0.3, 0.4) is 0 Å². The summed E-state index contributed by atoms with van der Waals surface area (Å²) >= 11 is 0. The van der Waals surface area contributed by atoms with Gasteiger partial charge in [0, 0.05) is 50.6 Å². The number of hydrogen-bond acceptors (Lipinski definition) is 7. The van der Waals surface area contributed by atoms with Gasteiger partial charge in [-0.2, -0.15) is 9.29 Å². The molecule has 0 spiro atoms. The highest BCUT2D eigenvalue weighted by Crippen LogP contribution is 2.29. The summed E-state index contributed by atoms with van der Waals surface area (Å²) in [6.07, 6.45) is 0. The van der Waals surface area contributed by atoms with Crippen LogP contribution in [0.5, 0.6) is 5.75 Å². The SMILES string of the molecule is CCNc1nc(C)cc(N2CCN(S(=O)(=O)c3cc(OC)c(C)cc3C)CC2)n1. The summed E-state index contributed by atoms with van der Waals surface area (Å²) in [4.78, 5) is 11.3. The fourth-order valence-corrected chi connectivity index (χ4v) is 5.20. The molecule has 3 rings (SSSR count). The van der Waals surface area contributed by atoms with Gasteiger partial charge in [0.05, 0.1) is 12.0 Å². The minimum atomic E-state index is -3.59. The van der Waals surface area contributed by atoms with Crippen molar-refractivity contribution < 1.29 is 13.2 Å². The summed E-state index contributed by atoms with van der Waals surface area (Å²) in [5, 5.41) is 3.14. The quantitative estimate of drug-likeness (QED) is 0.769. The van der Waals surface area contributed by atoms with Crippen LogP contribution in [0.1, 0.15) is 23.7 Å². The van der Waals surface area contributed by atoms with E-state index in [1.54, 1.807) is 17.5 Å². The molecule has 0 saturated carbocycles. The molecule has 0 atom stereocenters. The molecular weight excluding hydrogens is 390 g/mol. The van der Waals surface area contributed by atoms with Crippen LogP contribution < -0.4 is 15.0 Å². The van der Waals surface area contributed by atoms with Gasteiger partial charge in [0.2, 0.25) is 16.0 Å². The summed E-state index contributed by atoms with van der Waals surface area (Å²) in [5.74, 6) is 2.00. The molecule has 1 fully saturated rings. The van der Waals surface area contributed by atoms with Gasteiger partial charge in [-0.15, -0.1) is 0 Å². The van der Waals surface area contributed by atoms with Crippen LogP contribution in [0, 0.1) is 20.8 Å². The Morgan fingerprint density at radius 3 is 2.34 bits per heavy atom. The first-order valence-electron chi connectivity index (χ1n) is 9.76. The fraction of sp³-hybridized carbons (Fsp3) is 0.500. The lowest BCUT2D eigenvalue weighted by atomic mass is 10.1. The van der Waals surface area contributed by atoms with Gasteiger partial charge in [-0.1, -0.05) is 6.07 Å². The van der Waals surface area contributed by atoms with Crippen molar-refractivity contribution >= 4 is 21.8 Å². The molecule has 1 saturated heterocycles. The van der Waals surface area contributed by atoms with Gasteiger partial charge in [0.15, 0.2) is 0 Å². The standard InChI is InChI=1S/C20H29N5O3S/c1-6-21-20-22-16(4)12-19(23-20)24-7-9-25(10-8-24)29(26,27)18-13-17(28-5)14(2)11-15(18)3/h11-13H,6-10H2,1-5H3,(H,21,22,23). The lowest BCUT2D eigenvalue weighted by molar-refractivity contribution is 0.382. The number of methoxy groups -OCH3 is 1. The minimum Gasteiger partial charge on any atom is -0.496 e. The number of anilines is 2. The molecule has 1 aromatic carbocycles. The molecule has 1 aliphatic rings. The molecule has 0 radical (unpaired) electrons. The van der Waals surface area contributed by atoms with Crippen LogP contribution in [0.15, 0.2) is 23.1 Å². The molecule has 158 valence electrons. The Morgan fingerprint density at radius 1 is 1.03 bits per heavy atom. The number of benzene rings is 1. The number of aromatic nitrogens is 2. The van der Waals surface area contributed by atoms with E-state index in [0.717, 1.165) is 29.2 Å². The highest BCUT2D eigenvalue weighted by atomic mass is 32.2. The number of aryl methyl sites for hydroxylation is 3. The molecule has 1 N–H and O–H groups in total. The van der Waals surface area contributed by atoms with Crippen molar-refractivity contribution in [1.82, 2.24) is 14.3 Å². The summed E-state index contributed by atoms with van der Waals surface area (Å²) in [6.45, 7) is 10.3. The average molecular weight is 420 g/mol. The van der Waals surface area contributed by atoms with Gasteiger partial charge in [-0.3, -0.25) is 0 Å². The van der Waals surface area contributed by atoms with Crippen molar-refractivity contribution in [3.05, 3.63) is 35.0 Å². The van der Waals surface area contributed by atoms with E-state index in [1.807, 2.05) is 39.8 Å². The number of sulfonamides is 1. The summed E-state index contributed by atoms with van der Waals surface area (Å²) in [6, 6.07) is 5.41. The van der Waals surface area contributed by atoms with Gasteiger partial charge in [-0.05, 0) is 38.8 Å². The predicted octanol–water partition coefficient (Wildman–Crippen LogP) is 2.35. The van der Waals surface area contributed by atoms with Crippen LogP contribution in [-0.2, 0) is 10.0 Å². The molecule has 0 amide bonds. The zero-order chi connectivity index (χ0) is 21.2. The van der Waals surface area contributed by atoms with Gasteiger partial charge < -0.3 is 15.0 Å². The van der Waals surface area contributed by atoms with Gasteiger partial charge in [0.25, 0.3) is 0 Å². The van der Waals surface area contributed by atoms with Crippen LogP contribution in [0.2, 0.25) is 0 Å². The molecule has 0 aliphatic carbocycles. The molecule has 0 bridgehead atoms. The van der Waals surface area contributed by atoms with E-state index in [4.69, 9.17) is 4.74 Å². The third-order valence-corrected chi connectivity index (χ3v) is 7.09. The van der Waals surface area contributed by atoms with E-state index in [0.29, 0.717) is 42.8 Å². The summed E-state index contributed by atoms with van der Waals surface area (Å²) in [7, 11) is -2.04. The fourth-order valence-electron chi connectivity index (χ4n) is 3.56. The number of nitrogens with zero attached hydrogens (tertiary/aromatic N) is 4. The van der Waals surface area contributed by atoms with E-state index in [1.165, 1.54) is 0 Å². The normalized spacial score (nSPS) is 15.4. The topological polar surface area (TPSA) is 87.7 Å². The first kappa shape index (κ1) is 21.3. The number of piperazine rings is 1. The van der Waals surface area contributed by atoms with Gasteiger partial charge >= 0.3 is 0 Å². The Bertz CT molecular complexity index is 986. The van der Waals surface area contributed by atoms with Crippen LogP contribution in [0.4, 0.5) is 11.8 Å². The lowest BCUT2D eigenvalue weighted by Crippen LogP contribution is -2.49. The predicted molar refractivity (Wildman–Crippen MR) is 114 cm³/mol. The van der Waals surface area contributed by atoms with E-state index in [2.05, 4.69) is 20.2 Å². The maximum Gasteiger partial charge on any atom is 0.243 e. The van der Waals surface area contributed by atoms with Crippen LogP contribution >= 0.6 is 0 Å².